The molecule has 0 atom stereocenters. The van der Waals surface area contributed by atoms with Gasteiger partial charge in [0.05, 0.1) is 5.41 Å². The largest absolute Gasteiger partial charge is 0.369 e. The van der Waals surface area contributed by atoms with Crippen molar-refractivity contribution in [3.63, 3.8) is 0 Å². The monoisotopic (exact) mass is 308 g/mol. The molecule has 1 fully saturated rings. The van der Waals surface area contributed by atoms with Crippen LogP contribution in [0.1, 0.15) is 29.5 Å². The molecule has 120 valence electrons. The standard InChI is InChI=1S/C20H24N2O/c1-22-13-11-20(12-14-22,19(21)23)18-10-6-5-9-17(18)15-16-7-3-2-4-8-16/h2-10H,11-15H2,1H3,(H2,21,23). The topological polar surface area (TPSA) is 46.3 Å². The smallest absolute Gasteiger partial charge is 0.228 e. The van der Waals surface area contributed by atoms with E-state index < -0.39 is 5.41 Å². The molecule has 1 aliphatic heterocycles. The summed E-state index contributed by atoms with van der Waals surface area (Å²) < 4.78 is 0. The number of carbonyl (C=O) groups is 1. The third-order valence-electron chi connectivity index (χ3n) is 5.08. The van der Waals surface area contributed by atoms with Crippen LogP contribution in [0.3, 0.4) is 0 Å². The Balaban J connectivity index is 1.99. The number of piperidine rings is 1. The average Bonchev–Trinajstić information content (AvgIpc) is 2.57. The van der Waals surface area contributed by atoms with Crippen LogP contribution >= 0.6 is 0 Å². The summed E-state index contributed by atoms with van der Waals surface area (Å²) in [4.78, 5) is 14.7. The van der Waals surface area contributed by atoms with Crippen LogP contribution in [0.25, 0.3) is 0 Å². The molecule has 0 unspecified atom stereocenters. The first kappa shape index (κ1) is 15.8. The number of nitrogens with two attached hydrogens (primary N) is 1. The van der Waals surface area contributed by atoms with Gasteiger partial charge in [-0.15, -0.1) is 0 Å². The minimum Gasteiger partial charge on any atom is -0.369 e. The van der Waals surface area contributed by atoms with Crippen LogP contribution in [-0.4, -0.2) is 30.9 Å². The molecule has 23 heavy (non-hydrogen) atoms. The van der Waals surface area contributed by atoms with E-state index in [1.165, 1.54) is 11.1 Å². The molecule has 0 aromatic heterocycles. The molecule has 3 heteroatoms. The molecular formula is C20H24N2O. The van der Waals surface area contributed by atoms with Crippen molar-refractivity contribution in [2.75, 3.05) is 20.1 Å². The summed E-state index contributed by atoms with van der Waals surface area (Å²) in [5, 5.41) is 0. The van der Waals surface area contributed by atoms with E-state index in [-0.39, 0.29) is 5.91 Å². The van der Waals surface area contributed by atoms with Crippen LogP contribution in [0.15, 0.2) is 54.6 Å². The lowest BCUT2D eigenvalue weighted by Gasteiger charge is -2.39. The van der Waals surface area contributed by atoms with E-state index in [1.807, 2.05) is 18.2 Å². The van der Waals surface area contributed by atoms with Gasteiger partial charge in [-0.25, -0.2) is 0 Å². The Labute approximate surface area is 138 Å². The SMILES string of the molecule is CN1CCC(C(N)=O)(c2ccccc2Cc2ccccc2)CC1. The molecule has 2 aromatic carbocycles. The molecule has 3 nitrogen and oxygen atoms in total. The summed E-state index contributed by atoms with van der Waals surface area (Å²) in [7, 11) is 2.10. The first-order valence-corrected chi connectivity index (χ1v) is 8.22. The minimum atomic E-state index is -0.530. The molecule has 0 spiro atoms. The molecule has 0 aliphatic carbocycles. The predicted molar refractivity (Wildman–Crippen MR) is 93.3 cm³/mol. The summed E-state index contributed by atoms with van der Waals surface area (Å²) in [6.07, 6.45) is 2.43. The van der Waals surface area contributed by atoms with Crippen molar-refractivity contribution in [3.8, 4) is 0 Å². The van der Waals surface area contributed by atoms with Gasteiger partial charge in [-0.05, 0) is 56.1 Å². The number of likely N-dealkylation sites (tertiary alicyclic amines) is 1. The molecule has 3 rings (SSSR count). The second-order valence-corrected chi connectivity index (χ2v) is 6.57. The Hall–Kier alpha value is -2.13. The number of primary amides is 1. The number of benzene rings is 2. The maximum absolute atomic E-state index is 12.4. The Bertz CT molecular complexity index is 673. The van der Waals surface area contributed by atoms with Gasteiger partial charge in [0.2, 0.25) is 5.91 Å². The van der Waals surface area contributed by atoms with Gasteiger partial charge in [0.25, 0.3) is 0 Å². The van der Waals surface area contributed by atoms with E-state index in [2.05, 4.69) is 48.3 Å². The Morgan fingerprint density at radius 1 is 1.04 bits per heavy atom. The maximum atomic E-state index is 12.4. The van der Waals surface area contributed by atoms with E-state index in [0.29, 0.717) is 0 Å². The normalized spacial score (nSPS) is 17.8. The first-order valence-electron chi connectivity index (χ1n) is 8.22. The number of hydrogen-bond donors (Lipinski definition) is 1. The Morgan fingerprint density at radius 3 is 2.30 bits per heavy atom. The molecule has 2 N–H and O–H groups in total. The lowest BCUT2D eigenvalue weighted by atomic mass is 9.70. The Kier molecular flexibility index (Phi) is 4.49. The van der Waals surface area contributed by atoms with E-state index in [9.17, 15) is 4.79 Å². The van der Waals surface area contributed by atoms with E-state index in [1.54, 1.807) is 0 Å². The van der Waals surface area contributed by atoms with Crippen LogP contribution < -0.4 is 5.73 Å². The van der Waals surface area contributed by atoms with Crippen LogP contribution in [0.2, 0.25) is 0 Å². The molecule has 0 radical (unpaired) electrons. The number of amides is 1. The van der Waals surface area contributed by atoms with Gasteiger partial charge in [-0.3, -0.25) is 4.79 Å². The second kappa shape index (κ2) is 6.55. The third-order valence-corrected chi connectivity index (χ3v) is 5.08. The third kappa shape index (κ3) is 3.15. The predicted octanol–water partition coefficient (Wildman–Crippen LogP) is 2.73. The molecule has 1 aliphatic rings. The summed E-state index contributed by atoms with van der Waals surface area (Å²) in [5.74, 6) is -0.189. The van der Waals surface area contributed by atoms with Crippen molar-refractivity contribution in [3.05, 3.63) is 71.3 Å². The zero-order valence-corrected chi connectivity index (χ0v) is 13.7. The summed E-state index contributed by atoms with van der Waals surface area (Å²) in [6, 6.07) is 18.7. The van der Waals surface area contributed by atoms with E-state index >= 15 is 0 Å². The van der Waals surface area contributed by atoms with Crippen molar-refractivity contribution in [2.45, 2.75) is 24.7 Å². The van der Waals surface area contributed by atoms with Crippen molar-refractivity contribution in [1.29, 1.82) is 0 Å². The maximum Gasteiger partial charge on any atom is 0.228 e. The summed E-state index contributed by atoms with van der Waals surface area (Å²) in [5.41, 5.74) is 8.94. The van der Waals surface area contributed by atoms with Gasteiger partial charge in [-0.2, -0.15) is 0 Å². The number of hydrogen-bond acceptors (Lipinski definition) is 2. The van der Waals surface area contributed by atoms with Gasteiger partial charge in [-0.1, -0.05) is 54.6 Å². The fraction of sp³-hybridized carbons (Fsp3) is 0.350. The number of rotatable bonds is 4. The highest BCUT2D eigenvalue weighted by atomic mass is 16.1. The zero-order chi connectivity index (χ0) is 16.3. The quantitative estimate of drug-likeness (QED) is 0.944. The molecule has 1 saturated heterocycles. The highest BCUT2D eigenvalue weighted by Crippen LogP contribution is 2.37. The summed E-state index contributed by atoms with van der Waals surface area (Å²) in [6.45, 7) is 1.81. The number of carbonyl (C=O) groups excluding carboxylic acids is 1. The van der Waals surface area contributed by atoms with Crippen LogP contribution in [0.4, 0.5) is 0 Å². The van der Waals surface area contributed by atoms with Crippen LogP contribution in [-0.2, 0) is 16.6 Å². The van der Waals surface area contributed by atoms with Gasteiger partial charge >= 0.3 is 0 Å². The zero-order valence-electron chi connectivity index (χ0n) is 13.7. The van der Waals surface area contributed by atoms with Crippen LogP contribution in [0.5, 0.6) is 0 Å². The van der Waals surface area contributed by atoms with Crippen LogP contribution in [0, 0.1) is 0 Å². The van der Waals surface area contributed by atoms with Gasteiger partial charge < -0.3 is 10.6 Å². The van der Waals surface area contributed by atoms with Gasteiger partial charge in [0.15, 0.2) is 0 Å². The van der Waals surface area contributed by atoms with Gasteiger partial charge in [0, 0.05) is 0 Å². The first-order chi connectivity index (χ1) is 11.1. The lowest BCUT2D eigenvalue weighted by molar-refractivity contribution is -0.125. The molecule has 0 bridgehead atoms. The average molecular weight is 308 g/mol. The fourth-order valence-corrected chi connectivity index (χ4v) is 3.61. The van der Waals surface area contributed by atoms with Crippen molar-refractivity contribution < 1.29 is 4.79 Å². The fourth-order valence-electron chi connectivity index (χ4n) is 3.61. The molecule has 0 saturated carbocycles. The van der Waals surface area contributed by atoms with E-state index in [4.69, 9.17) is 5.73 Å². The highest BCUT2D eigenvalue weighted by molar-refractivity contribution is 5.87. The van der Waals surface area contributed by atoms with E-state index in [0.717, 1.165) is 37.9 Å². The molecule has 2 aromatic rings. The highest BCUT2D eigenvalue weighted by Gasteiger charge is 2.41. The van der Waals surface area contributed by atoms with Gasteiger partial charge in [0.1, 0.15) is 0 Å². The molecular weight excluding hydrogens is 284 g/mol. The number of nitrogens with zero attached hydrogens (tertiary/aromatic N) is 1. The minimum absolute atomic E-state index is 0.189. The van der Waals surface area contributed by atoms with Crippen molar-refractivity contribution >= 4 is 5.91 Å². The van der Waals surface area contributed by atoms with Crippen molar-refractivity contribution in [2.24, 2.45) is 5.73 Å². The molecule has 1 amide bonds. The second-order valence-electron chi connectivity index (χ2n) is 6.57. The summed E-state index contributed by atoms with van der Waals surface area (Å²) >= 11 is 0. The molecule has 1 heterocycles. The Morgan fingerprint density at radius 2 is 1.65 bits per heavy atom. The lowest BCUT2D eigenvalue weighted by Crippen LogP contribution is -2.49. The van der Waals surface area contributed by atoms with Crippen molar-refractivity contribution in [1.82, 2.24) is 4.90 Å².